The summed E-state index contributed by atoms with van der Waals surface area (Å²) >= 11 is 0. The Hall–Kier alpha value is -1.83. The van der Waals surface area contributed by atoms with Gasteiger partial charge in [0.15, 0.2) is 0 Å². The third kappa shape index (κ3) is 8.03. The second-order valence-corrected chi connectivity index (χ2v) is 7.17. The van der Waals surface area contributed by atoms with E-state index in [0.717, 1.165) is 38.0 Å². The van der Waals surface area contributed by atoms with Crippen molar-refractivity contribution in [2.75, 3.05) is 6.61 Å². The monoisotopic (exact) mass is 353 g/mol. The van der Waals surface area contributed by atoms with Gasteiger partial charge in [0.2, 0.25) is 0 Å². The Morgan fingerprint density at radius 1 is 0.692 bits per heavy atom. The van der Waals surface area contributed by atoms with Gasteiger partial charge in [-0.2, -0.15) is 0 Å². The molecule has 0 atom stereocenters. The van der Waals surface area contributed by atoms with Gasteiger partial charge in [0.05, 0.1) is 6.61 Å². The lowest BCUT2D eigenvalue weighted by atomic mass is 10.0. The Bertz CT molecular complexity index is 589. The molecule has 2 rings (SSSR count). The Balaban J connectivity index is 1.68. The number of hydrogen-bond donors (Lipinski definition) is 0. The summed E-state index contributed by atoms with van der Waals surface area (Å²) < 4.78 is 5.84. The quantitative estimate of drug-likeness (QED) is 0.380. The number of aryl methyl sites for hydroxylation is 3. The molecule has 0 saturated heterocycles. The normalized spacial score (nSPS) is 10.8. The number of nitrogens with zero attached hydrogens (tertiary/aromatic N) is 1. The highest BCUT2D eigenvalue weighted by Gasteiger charge is 2.00. The van der Waals surface area contributed by atoms with E-state index >= 15 is 0 Å². The Morgan fingerprint density at radius 2 is 1.38 bits per heavy atom. The smallest absolute Gasteiger partial charge is 0.119 e. The molecule has 26 heavy (non-hydrogen) atoms. The highest BCUT2D eigenvalue weighted by molar-refractivity contribution is 5.28. The van der Waals surface area contributed by atoms with Crippen molar-refractivity contribution in [2.45, 2.75) is 78.1 Å². The van der Waals surface area contributed by atoms with Crippen molar-refractivity contribution in [2.24, 2.45) is 0 Å². The van der Waals surface area contributed by atoms with Crippen LogP contribution in [0.15, 0.2) is 42.6 Å². The number of aromatic nitrogens is 1. The van der Waals surface area contributed by atoms with E-state index < -0.39 is 0 Å². The highest BCUT2D eigenvalue weighted by Crippen LogP contribution is 2.15. The minimum Gasteiger partial charge on any atom is -0.494 e. The fourth-order valence-corrected chi connectivity index (χ4v) is 3.05. The van der Waals surface area contributed by atoms with Crippen molar-refractivity contribution < 1.29 is 4.74 Å². The molecule has 142 valence electrons. The Morgan fingerprint density at radius 3 is 2.08 bits per heavy atom. The van der Waals surface area contributed by atoms with Crippen LogP contribution in [-0.4, -0.2) is 11.6 Å². The summed E-state index contributed by atoms with van der Waals surface area (Å²) in [5, 5.41) is 0. The summed E-state index contributed by atoms with van der Waals surface area (Å²) in [6.07, 6.45) is 14.1. The highest BCUT2D eigenvalue weighted by atomic mass is 16.5. The molecule has 0 amide bonds. The van der Waals surface area contributed by atoms with Crippen LogP contribution in [0.1, 0.15) is 75.6 Å². The first-order valence-corrected chi connectivity index (χ1v) is 10.5. The fraction of sp³-hybridized carbons (Fsp3) is 0.542. The number of pyridine rings is 1. The lowest BCUT2D eigenvalue weighted by molar-refractivity contribution is 0.304. The molecule has 1 aromatic heterocycles. The van der Waals surface area contributed by atoms with Gasteiger partial charge in [-0.3, -0.25) is 4.98 Å². The Labute approximate surface area is 160 Å². The van der Waals surface area contributed by atoms with Crippen molar-refractivity contribution in [3.05, 3.63) is 59.4 Å². The number of rotatable bonds is 13. The maximum absolute atomic E-state index is 5.84. The minimum absolute atomic E-state index is 0.832. The second kappa shape index (κ2) is 12.5. The number of ether oxygens (including phenoxy) is 1. The predicted molar refractivity (Wildman–Crippen MR) is 111 cm³/mol. The van der Waals surface area contributed by atoms with Gasteiger partial charge in [-0.05, 0) is 61.4 Å². The topological polar surface area (TPSA) is 22.1 Å². The molecule has 0 aliphatic rings. The second-order valence-electron chi connectivity index (χ2n) is 7.17. The maximum Gasteiger partial charge on any atom is 0.119 e. The fourth-order valence-electron chi connectivity index (χ4n) is 3.05. The summed E-state index contributed by atoms with van der Waals surface area (Å²) in [5.41, 5.74) is 3.89. The van der Waals surface area contributed by atoms with Gasteiger partial charge in [-0.1, -0.05) is 64.2 Å². The van der Waals surface area contributed by atoms with Gasteiger partial charge >= 0.3 is 0 Å². The maximum atomic E-state index is 5.84. The third-order valence-corrected chi connectivity index (χ3v) is 4.81. The summed E-state index contributed by atoms with van der Waals surface area (Å²) in [6, 6.07) is 13.0. The average molecular weight is 354 g/mol. The standard InChI is InChI=1S/C24H35NO/c1-3-5-7-8-9-19-26-24-17-14-21(15-18-24)11-12-22-13-16-23(25-20-22)10-6-4-2/h13-18,20H,3-12,19H2,1-2H3. The molecule has 1 heterocycles. The zero-order valence-electron chi connectivity index (χ0n) is 16.7. The van der Waals surface area contributed by atoms with Gasteiger partial charge in [0, 0.05) is 11.9 Å². The van der Waals surface area contributed by atoms with Crippen LogP contribution in [0.5, 0.6) is 5.75 Å². The van der Waals surface area contributed by atoms with Crippen LogP contribution in [0.2, 0.25) is 0 Å². The lowest BCUT2D eigenvalue weighted by Gasteiger charge is -2.08. The van der Waals surface area contributed by atoms with E-state index in [9.17, 15) is 0 Å². The first-order chi connectivity index (χ1) is 12.8. The van der Waals surface area contributed by atoms with Gasteiger partial charge in [0.1, 0.15) is 5.75 Å². The van der Waals surface area contributed by atoms with Crippen molar-refractivity contribution in [3.8, 4) is 5.75 Å². The predicted octanol–water partition coefficient (Wildman–Crippen LogP) is 6.56. The van der Waals surface area contributed by atoms with Crippen molar-refractivity contribution in [1.82, 2.24) is 4.98 Å². The van der Waals surface area contributed by atoms with Crippen LogP contribution in [0.4, 0.5) is 0 Å². The van der Waals surface area contributed by atoms with Crippen LogP contribution in [0.3, 0.4) is 0 Å². The van der Waals surface area contributed by atoms with E-state index in [2.05, 4.69) is 55.2 Å². The molecule has 0 spiro atoms. The van der Waals surface area contributed by atoms with Crippen LogP contribution < -0.4 is 4.74 Å². The first kappa shape index (κ1) is 20.5. The van der Waals surface area contributed by atoms with Gasteiger partial charge in [0.25, 0.3) is 0 Å². The van der Waals surface area contributed by atoms with E-state index in [-0.39, 0.29) is 0 Å². The molecule has 0 saturated carbocycles. The van der Waals surface area contributed by atoms with Crippen molar-refractivity contribution in [1.29, 1.82) is 0 Å². The molecule has 0 N–H and O–H groups in total. The molecule has 0 fully saturated rings. The molecule has 2 heteroatoms. The van der Waals surface area contributed by atoms with E-state index in [4.69, 9.17) is 4.74 Å². The summed E-state index contributed by atoms with van der Waals surface area (Å²) in [6.45, 7) is 5.30. The van der Waals surface area contributed by atoms with E-state index in [1.54, 1.807) is 0 Å². The van der Waals surface area contributed by atoms with Crippen LogP contribution in [0, 0.1) is 0 Å². The summed E-state index contributed by atoms with van der Waals surface area (Å²) in [7, 11) is 0. The number of hydrogen-bond acceptors (Lipinski definition) is 2. The molecule has 2 nitrogen and oxygen atoms in total. The molecule has 0 aliphatic carbocycles. The average Bonchev–Trinajstić information content (AvgIpc) is 2.69. The number of benzene rings is 1. The molecule has 0 bridgehead atoms. The molecule has 2 aromatic rings. The lowest BCUT2D eigenvalue weighted by Crippen LogP contribution is -1.98. The van der Waals surface area contributed by atoms with Crippen molar-refractivity contribution in [3.63, 3.8) is 0 Å². The summed E-state index contributed by atoms with van der Waals surface area (Å²) in [5.74, 6) is 0.992. The first-order valence-electron chi connectivity index (χ1n) is 10.5. The Kier molecular flexibility index (Phi) is 9.86. The summed E-state index contributed by atoms with van der Waals surface area (Å²) in [4.78, 5) is 4.58. The molecular weight excluding hydrogens is 318 g/mol. The van der Waals surface area contributed by atoms with Gasteiger partial charge in [-0.15, -0.1) is 0 Å². The molecule has 0 aliphatic heterocycles. The molecule has 0 radical (unpaired) electrons. The van der Waals surface area contributed by atoms with E-state index in [0.29, 0.717) is 0 Å². The van der Waals surface area contributed by atoms with Crippen molar-refractivity contribution >= 4 is 0 Å². The SMILES string of the molecule is CCCCCCCOc1ccc(CCc2ccc(CCCC)nc2)cc1. The largest absolute Gasteiger partial charge is 0.494 e. The minimum atomic E-state index is 0.832. The van der Waals surface area contributed by atoms with Crippen LogP contribution in [-0.2, 0) is 19.3 Å². The van der Waals surface area contributed by atoms with E-state index in [1.807, 2.05) is 6.20 Å². The van der Waals surface area contributed by atoms with Gasteiger partial charge in [-0.25, -0.2) is 0 Å². The van der Waals surface area contributed by atoms with Gasteiger partial charge < -0.3 is 4.74 Å². The zero-order valence-corrected chi connectivity index (χ0v) is 16.7. The third-order valence-electron chi connectivity index (χ3n) is 4.81. The molecule has 1 aromatic carbocycles. The number of unbranched alkanes of at least 4 members (excludes halogenated alkanes) is 5. The molecule has 0 unspecified atom stereocenters. The van der Waals surface area contributed by atoms with E-state index in [1.165, 1.54) is 55.3 Å². The van der Waals surface area contributed by atoms with Crippen LogP contribution >= 0.6 is 0 Å². The molecular formula is C24H35NO. The zero-order chi connectivity index (χ0) is 18.5. The van der Waals surface area contributed by atoms with Crippen LogP contribution in [0.25, 0.3) is 0 Å².